The summed E-state index contributed by atoms with van der Waals surface area (Å²) in [6, 6.07) is 47.2. The standard InChI is InChI=1S/C32H25N4O2P/c37-36(38)30-24-14-13-23-29(30)34-39(28-21-11-4-12-22-28)32(26-17-7-2-8-18-26)31(25-15-5-1-6-16-25)33-35(39)27-19-9-3-10-20-27/h1-24,32H/t32-,39-/m0/s1. The maximum absolute atomic E-state index is 12.1. The smallest absolute Gasteiger partial charge is 0.258 e. The Hall–Kier alpha value is -4.80. The van der Waals surface area contributed by atoms with Crippen LogP contribution in [0, 0.1) is 10.1 Å². The average molecular weight is 529 g/mol. The number of hydrogen-bond donors (Lipinski definition) is 0. The number of para-hydroxylation sites is 2. The van der Waals surface area contributed by atoms with E-state index in [2.05, 4.69) is 36.4 Å². The summed E-state index contributed by atoms with van der Waals surface area (Å²) >= 11 is 0. The van der Waals surface area contributed by atoms with Gasteiger partial charge in [0.2, 0.25) is 0 Å². The number of hydrazone groups is 1. The van der Waals surface area contributed by atoms with E-state index >= 15 is 0 Å². The Balaban J connectivity index is 1.77. The van der Waals surface area contributed by atoms with Gasteiger partial charge in [-0.05, 0) is 29.3 Å². The Labute approximate surface area is 227 Å². The molecule has 0 N–H and O–H groups in total. The Morgan fingerprint density at radius 1 is 0.692 bits per heavy atom. The second-order valence-corrected chi connectivity index (χ2v) is 12.0. The molecular formula is C32H25N4O2P. The second-order valence-electron chi connectivity index (χ2n) is 9.12. The van der Waals surface area contributed by atoms with Crippen LogP contribution in [-0.2, 0) is 0 Å². The second kappa shape index (κ2) is 10.5. The Bertz CT molecular complexity index is 1690. The Kier molecular flexibility index (Phi) is 6.62. The zero-order valence-electron chi connectivity index (χ0n) is 21.0. The third kappa shape index (κ3) is 4.45. The summed E-state index contributed by atoms with van der Waals surface area (Å²) in [7, 11) is -2.92. The summed E-state index contributed by atoms with van der Waals surface area (Å²) in [4.78, 5) is 11.8. The van der Waals surface area contributed by atoms with E-state index in [9.17, 15) is 10.1 Å². The van der Waals surface area contributed by atoms with Crippen LogP contribution in [0.5, 0.6) is 0 Å². The molecule has 0 fully saturated rings. The molecule has 0 spiro atoms. The summed E-state index contributed by atoms with van der Waals surface area (Å²) in [5.74, 6) is 0. The van der Waals surface area contributed by atoms with Crippen molar-refractivity contribution < 1.29 is 4.92 Å². The Morgan fingerprint density at radius 3 is 1.87 bits per heavy atom. The average Bonchev–Trinajstić information content (AvgIpc) is 3.35. The lowest BCUT2D eigenvalue weighted by atomic mass is 10.0. The van der Waals surface area contributed by atoms with E-state index in [0.717, 1.165) is 27.8 Å². The van der Waals surface area contributed by atoms with E-state index in [-0.39, 0.29) is 16.3 Å². The van der Waals surface area contributed by atoms with Gasteiger partial charge < -0.3 is 0 Å². The van der Waals surface area contributed by atoms with Crippen LogP contribution < -0.4 is 10.1 Å². The number of nitrogens with zero attached hydrogens (tertiary/aromatic N) is 4. The minimum absolute atomic E-state index is 0.0270. The van der Waals surface area contributed by atoms with Gasteiger partial charge in [-0.1, -0.05) is 121 Å². The fourth-order valence-electron chi connectivity index (χ4n) is 5.06. The summed E-state index contributed by atoms with van der Waals surface area (Å²) in [5, 5.41) is 18.4. The molecule has 0 saturated carbocycles. The number of anilines is 1. The molecule has 1 heterocycles. The predicted molar refractivity (Wildman–Crippen MR) is 159 cm³/mol. The highest BCUT2D eigenvalue weighted by atomic mass is 31.2. The van der Waals surface area contributed by atoms with E-state index in [0.29, 0.717) is 5.69 Å². The van der Waals surface area contributed by atoms with Crippen molar-refractivity contribution in [2.45, 2.75) is 5.66 Å². The van der Waals surface area contributed by atoms with Gasteiger partial charge in [-0.25, -0.2) is 9.52 Å². The normalized spacial score (nSPS) is 18.4. The van der Waals surface area contributed by atoms with Crippen molar-refractivity contribution in [3.05, 3.63) is 167 Å². The lowest BCUT2D eigenvalue weighted by molar-refractivity contribution is -0.384. The van der Waals surface area contributed by atoms with Crippen LogP contribution >= 0.6 is 7.21 Å². The molecule has 2 atom stereocenters. The number of nitro benzene ring substituents is 1. The molecule has 7 heteroatoms. The van der Waals surface area contributed by atoms with Gasteiger partial charge in [0.05, 0.1) is 22.0 Å². The first-order valence-electron chi connectivity index (χ1n) is 12.6. The molecule has 5 aromatic rings. The van der Waals surface area contributed by atoms with Crippen LogP contribution in [-0.4, -0.2) is 10.6 Å². The van der Waals surface area contributed by atoms with Gasteiger partial charge in [0, 0.05) is 11.4 Å². The van der Waals surface area contributed by atoms with Crippen molar-refractivity contribution in [3.8, 4) is 0 Å². The highest BCUT2D eigenvalue weighted by molar-refractivity contribution is 7.77. The zero-order chi connectivity index (χ0) is 26.7. The summed E-state index contributed by atoms with van der Waals surface area (Å²) in [6.45, 7) is 0. The van der Waals surface area contributed by atoms with Gasteiger partial charge in [-0.15, -0.1) is 0 Å². The molecule has 0 amide bonds. The van der Waals surface area contributed by atoms with Crippen LogP contribution in [0.25, 0.3) is 0 Å². The van der Waals surface area contributed by atoms with Gasteiger partial charge in [0.25, 0.3) is 5.69 Å². The summed E-state index contributed by atoms with van der Waals surface area (Å²) in [6.07, 6.45) is 0. The lowest BCUT2D eigenvalue weighted by Gasteiger charge is -2.35. The molecule has 0 radical (unpaired) electrons. The first kappa shape index (κ1) is 24.5. The van der Waals surface area contributed by atoms with Gasteiger partial charge in [0.15, 0.2) is 0 Å². The number of rotatable bonds is 6. The van der Waals surface area contributed by atoms with E-state index in [1.165, 1.54) is 6.07 Å². The fourth-order valence-corrected chi connectivity index (χ4v) is 9.06. The molecule has 190 valence electrons. The minimum Gasteiger partial charge on any atom is -0.258 e. The summed E-state index contributed by atoms with van der Waals surface area (Å²) < 4.78 is 7.49. The molecule has 1 aliphatic rings. The van der Waals surface area contributed by atoms with Crippen molar-refractivity contribution in [2.75, 3.05) is 4.78 Å². The molecular weight excluding hydrogens is 503 g/mol. The highest BCUT2D eigenvalue weighted by Gasteiger charge is 2.48. The van der Waals surface area contributed by atoms with Crippen LogP contribution in [0.2, 0.25) is 0 Å². The molecule has 5 aromatic carbocycles. The molecule has 6 rings (SSSR count). The molecule has 1 aliphatic heterocycles. The van der Waals surface area contributed by atoms with E-state index in [1.807, 2.05) is 89.7 Å². The van der Waals surface area contributed by atoms with E-state index < -0.39 is 7.21 Å². The van der Waals surface area contributed by atoms with Gasteiger partial charge in [-0.2, -0.15) is 5.10 Å². The first-order valence-corrected chi connectivity index (χ1v) is 14.4. The molecule has 0 aromatic heterocycles. The largest absolute Gasteiger partial charge is 0.294 e. The first-order chi connectivity index (χ1) is 19.2. The van der Waals surface area contributed by atoms with Gasteiger partial charge >= 0.3 is 0 Å². The maximum Gasteiger partial charge on any atom is 0.294 e. The quantitative estimate of drug-likeness (QED) is 0.126. The minimum atomic E-state index is -2.92. The molecule has 39 heavy (non-hydrogen) atoms. The van der Waals surface area contributed by atoms with Gasteiger partial charge in [0.1, 0.15) is 12.9 Å². The SMILES string of the molecule is O=[N+]([O-])c1ccccc1N=[P@]1(c2ccccc2)[C@@H](c2ccccc2)C(c2ccccc2)=NN1c1ccccc1. The maximum atomic E-state index is 12.1. The Morgan fingerprint density at radius 2 is 1.23 bits per heavy atom. The van der Waals surface area contributed by atoms with Crippen molar-refractivity contribution in [1.82, 2.24) is 0 Å². The number of nitro groups is 1. The predicted octanol–water partition coefficient (Wildman–Crippen LogP) is 8.33. The van der Waals surface area contributed by atoms with Crippen LogP contribution in [0.15, 0.2) is 155 Å². The summed E-state index contributed by atoms with van der Waals surface area (Å²) in [5.41, 5.74) is 3.84. The van der Waals surface area contributed by atoms with Crippen molar-refractivity contribution in [1.29, 1.82) is 0 Å². The highest BCUT2D eigenvalue weighted by Crippen LogP contribution is 2.70. The van der Waals surface area contributed by atoms with Crippen molar-refractivity contribution in [3.63, 3.8) is 0 Å². The topological polar surface area (TPSA) is 71.1 Å². The molecule has 0 saturated heterocycles. The van der Waals surface area contributed by atoms with Crippen LogP contribution in [0.3, 0.4) is 0 Å². The number of benzene rings is 5. The van der Waals surface area contributed by atoms with Crippen LogP contribution in [0.1, 0.15) is 16.8 Å². The monoisotopic (exact) mass is 528 g/mol. The van der Waals surface area contributed by atoms with Crippen molar-refractivity contribution >= 4 is 35.3 Å². The zero-order valence-corrected chi connectivity index (χ0v) is 21.9. The molecule has 0 aliphatic carbocycles. The number of hydrogen-bond acceptors (Lipinski definition) is 4. The lowest BCUT2D eigenvalue weighted by Crippen LogP contribution is -2.22. The van der Waals surface area contributed by atoms with Crippen LogP contribution in [0.4, 0.5) is 17.1 Å². The third-order valence-electron chi connectivity index (χ3n) is 6.76. The van der Waals surface area contributed by atoms with E-state index in [1.54, 1.807) is 18.2 Å². The molecule has 0 unspecified atom stereocenters. The van der Waals surface area contributed by atoms with Gasteiger partial charge in [-0.3, -0.25) is 10.1 Å². The van der Waals surface area contributed by atoms with E-state index in [4.69, 9.17) is 9.85 Å². The third-order valence-corrected chi connectivity index (χ3v) is 10.5. The fraction of sp³-hybridized carbons (Fsp3) is 0.0312. The van der Waals surface area contributed by atoms with Crippen molar-refractivity contribution in [2.24, 2.45) is 9.85 Å². The molecule has 0 bridgehead atoms. The molecule has 6 nitrogen and oxygen atoms in total.